The zero-order valence-electron chi connectivity index (χ0n) is 10.2. The van der Waals surface area contributed by atoms with Gasteiger partial charge in [-0.3, -0.25) is 0 Å². The molecule has 79 valence electrons. The van der Waals surface area contributed by atoms with Crippen LogP contribution in [0.1, 0.15) is 41.5 Å². The average Bonchev–Trinajstić information content (AvgIpc) is 2.31. The van der Waals surface area contributed by atoms with Crippen molar-refractivity contribution in [2.75, 3.05) is 0 Å². The summed E-state index contributed by atoms with van der Waals surface area (Å²) in [6.45, 7) is 14.3. The molecule has 0 spiro atoms. The molecular formula is C12H22NTi. The molecule has 1 aromatic heterocycles. The molecule has 1 N–H and O–H groups in total. The van der Waals surface area contributed by atoms with Gasteiger partial charge in [-0.2, -0.15) is 0 Å². The van der Waals surface area contributed by atoms with Crippen LogP contribution in [0.25, 0.3) is 0 Å². The molecule has 1 nitrogen and oxygen atoms in total. The van der Waals surface area contributed by atoms with Crippen LogP contribution in [0.3, 0.4) is 0 Å². The van der Waals surface area contributed by atoms with Crippen molar-refractivity contribution in [2.24, 2.45) is 0 Å². The first-order valence-electron chi connectivity index (χ1n) is 5.24. The van der Waals surface area contributed by atoms with Gasteiger partial charge in [-0.25, -0.2) is 0 Å². The zero-order chi connectivity index (χ0) is 11.0. The quantitative estimate of drug-likeness (QED) is 0.705. The molecule has 2 heteroatoms. The summed E-state index contributed by atoms with van der Waals surface area (Å²) in [4.78, 5) is 3.42. The predicted molar refractivity (Wildman–Crippen MR) is 59.9 cm³/mol. The van der Waals surface area contributed by atoms with E-state index in [1.54, 1.807) is 0 Å². The minimum absolute atomic E-state index is 0.461. The van der Waals surface area contributed by atoms with Crippen molar-refractivity contribution in [3.05, 3.63) is 18.3 Å². The van der Waals surface area contributed by atoms with Crippen molar-refractivity contribution in [3.8, 4) is 0 Å². The van der Waals surface area contributed by atoms with Crippen molar-refractivity contribution in [1.82, 2.24) is 4.98 Å². The number of aromatic amines is 1. The molecule has 0 fully saturated rings. The van der Waals surface area contributed by atoms with Crippen LogP contribution in [-0.4, -0.2) is 4.98 Å². The fourth-order valence-electron chi connectivity index (χ4n) is 2.42. The second-order valence-electron chi connectivity index (χ2n) is 5.96. The van der Waals surface area contributed by atoms with Crippen LogP contribution in [0.2, 0.25) is 7.44 Å². The second-order valence-corrected chi connectivity index (χ2v) is 12.7. The monoisotopic (exact) mass is 228 g/mol. The van der Waals surface area contributed by atoms with Gasteiger partial charge in [0.05, 0.1) is 0 Å². The molecule has 0 saturated carbocycles. The first-order chi connectivity index (χ1) is 6.23. The Morgan fingerprint density at radius 3 is 1.79 bits per heavy atom. The van der Waals surface area contributed by atoms with Gasteiger partial charge in [-0.05, 0) is 0 Å². The number of hydrogen-bond acceptors (Lipinski definition) is 0. The SMILES string of the molecule is C[C](C)(C)[Ti]([c]1ccc[nH]1)[C](C)(C)C. The van der Waals surface area contributed by atoms with Crippen LogP contribution in [0.15, 0.2) is 18.3 Å². The van der Waals surface area contributed by atoms with Gasteiger partial charge < -0.3 is 0 Å². The van der Waals surface area contributed by atoms with Crippen LogP contribution in [0.4, 0.5) is 0 Å². The molecule has 0 radical (unpaired) electrons. The third-order valence-corrected chi connectivity index (χ3v) is 8.38. The Morgan fingerprint density at radius 2 is 1.50 bits per heavy atom. The molecule has 0 aromatic carbocycles. The average molecular weight is 228 g/mol. The van der Waals surface area contributed by atoms with E-state index in [9.17, 15) is 0 Å². The fraction of sp³-hybridized carbons (Fsp3) is 0.667. The summed E-state index contributed by atoms with van der Waals surface area (Å²) in [5.41, 5.74) is 0. The molecule has 0 saturated heterocycles. The van der Waals surface area contributed by atoms with Gasteiger partial charge in [0.2, 0.25) is 0 Å². The van der Waals surface area contributed by atoms with E-state index in [1.165, 1.54) is 4.00 Å². The number of H-pyrrole nitrogens is 1. The van der Waals surface area contributed by atoms with E-state index in [0.29, 0.717) is 7.44 Å². The number of nitrogens with one attached hydrogen (secondary N) is 1. The normalized spacial score (nSPS) is 13.0. The molecule has 1 heterocycles. The van der Waals surface area contributed by atoms with E-state index in [2.05, 4.69) is 64.9 Å². The summed E-state index contributed by atoms with van der Waals surface area (Å²) in [6.07, 6.45) is 2.06. The number of hydrogen-bond donors (Lipinski definition) is 1. The zero-order valence-corrected chi connectivity index (χ0v) is 11.8. The second kappa shape index (κ2) is 3.86. The molecular weight excluding hydrogens is 206 g/mol. The van der Waals surface area contributed by atoms with Crippen molar-refractivity contribution >= 4 is 4.00 Å². The van der Waals surface area contributed by atoms with Gasteiger partial charge in [0.1, 0.15) is 0 Å². The standard InChI is InChI=1S/C4H4N.2C4H9.Ti/c1-2-4-5-3-1;2*1-4(2)3;/h1-3,5H;2*1-3H3;. The fourth-order valence-corrected chi connectivity index (χ4v) is 9.22. The molecule has 0 aliphatic carbocycles. The third kappa shape index (κ3) is 2.74. The minimum atomic E-state index is -1.28. The first kappa shape index (κ1) is 12.1. The van der Waals surface area contributed by atoms with E-state index < -0.39 is 17.9 Å². The number of aromatic nitrogens is 1. The molecule has 0 aliphatic rings. The van der Waals surface area contributed by atoms with Crippen molar-refractivity contribution in [3.63, 3.8) is 0 Å². The van der Waals surface area contributed by atoms with Crippen LogP contribution in [0, 0.1) is 0 Å². The van der Waals surface area contributed by atoms with Gasteiger partial charge in [0, 0.05) is 0 Å². The molecule has 14 heavy (non-hydrogen) atoms. The van der Waals surface area contributed by atoms with Gasteiger partial charge in [0.15, 0.2) is 0 Å². The van der Waals surface area contributed by atoms with E-state index in [4.69, 9.17) is 0 Å². The van der Waals surface area contributed by atoms with Crippen LogP contribution in [0.5, 0.6) is 0 Å². The molecule has 1 aromatic rings. The molecule has 0 unspecified atom stereocenters. The van der Waals surface area contributed by atoms with Crippen LogP contribution < -0.4 is 4.00 Å². The summed E-state index contributed by atoms with van der Waals surface area (Å²) in [5.74, 6) is 0. The van der Waals surface area contributed by atoms with Crippen LogP contribution in [-0.2, 0) is 17.9 Å². The van der Waals surface area contributed by atoms with E-state index in [1.807, 2.05) is 0 Å². The summed E-state index contributed by atoms with van der Waals surface area (Å²) < 4.78 is 2.44. The van der Waals surface area contributed by atoms with E-state index >= 15 is 0 Å². The van der Waals surface area contributed by atoms with Crippen molar-refractivity contribution < 1.29 is 17.9 Å². The third-order valence-electron chi connectivity index (χ3n) is 2.37. The summed E-state index contributed by atoms with van der Waals surface area (Å²) in [5, 5.41) is 0. The number of rotatable bonds is 1. The molecule has 1 rings (SSSR count). The summed E-state index contributed by atoms with van der Waals surface area (Å²) in [6, 6.07) is 4.39. The van der Waals surface area contributed by atoms with E-state index in [0.717, 1.165) is 0 Å². The molecule has 0 bridgehead atoms. The maximum atomic E-state index is 3.42. The Bertz CT molecular complexity index is 260. The Balaban J connectivity index is 3.08. The van der Waals surface area contributed by atoms with Crippen molar-refractivity contribution in [1.29, 1.82) is 0 Å². The van der Waals surface area contributed by atoms with Gasteiger partial charge in [-0.15, -0.1) is 0 Å². The first-order valence-corrected chi connectivity index (χ1v) is 7.59. The summed E-state index contributed by atoms with van der Waals surface area (Å²) in [7, 11) is 0. The molecule has 0 amide bonds. The maximum absolute atomic E-state index is 3.42. The Morgan fingerprint density at radius 1 is 1.00 bits per heavy atom. The molecule has 0 aliphatic heterocycles. The predicted octanol–water partition coefficient (Wildman–Crippen LogP) is 3.70. The Hall–Kier alpha value is -0.00571. The van der Waals surface area contributed by atoms with Crippen LogP contribution >= 0.6 is 0 Å². The van der Waals surface area contributed by atoms with E-state index in [-0.39, 0.29) is 0 Å². The topological polar surface area (TPSA) is 15.8 Å². The Kier molecular flexibility index (Phi) is 3.33. The van der Waals surface area contributed by atoms with Crippen molar-refractivity contribution in [2.45, 2.75) is 49.0 Å². The van der Waals surface area contributed by atoms with Gasteiger partial charge in [0.25, 0.3) is 0 Å². The summed E-state index contributed by atoms with van der Waals surface area (Å²) >= 11 is -1.28. The van der Waals surface area contributed by atoms with Gasteiger partial charge in [-0.1, -0.05) is 0 Å². The van der Waals surface area contributed by atoms with Gasteiger partial charge >= 0.3 is 94.2 Å². The Labute approximate surface area is 94.1 Å². The molecule has 0 atom stereocenters.